The van der Waals surface area contributed by atoms with Gasteiger partial charge in [0.1, 0.15) is 5.56 Å². The monoisotopic (exact) mass is 307 g/mol. The molecular weight excluding hydrogens is 290 g/mol. The van der Waals surface area contributed by atoms with Crippen molar-refractivity contribution >= 4 is 29.2 Å². The Balaban J connectivity index is 0.00000161. The first-order valence-corrected chi connectivity index (χ1v) is 6.80. The van der Waals surface area contributed by atoms with Crippen LogP contribution in [0.3, 0.4) is 0 Å². The third kappa shape index (κ3) is 2.94. The summed E-state index contributed by atoms with van der Waals surface area (Å²) in [4.78, 5) is 29.2. The van der Waals surface area contributed by atoms with Crippen molar-refractivity contribution in [3.8, 4) is 0 Å². The molecular formula is C15H18ClN3O2. The Kier molecular flexibility index (Phi) is 4.65. The fourth-order valence-electron chi connectivity index (χ4n) is 2.60. The van der Waals surface area contributed by atoms with E-state index in [0.29, 0.717) is 6.54 Å². The van der Waals surface area contributed by atoms with Crippen molar-refractivity contribution in [3.05, 3.63) is 46.2 Å². The van der Waals surface area contributed by atoms with E-state index in [1.165, 1.54) is 0 Å². The smallest absolute Gasteiger partial charge is 0.261 e. The zero-order valence-electron chi connectivity index (χ0n) is 11.8. The number of amides is 1. The van der Waals surface area contributed by atoms with Gasteiger partial charge < -0.3 is 15.2 Å². The highest BCUT2D eigenvalue weighted by Gasteiger charge is 2.25. The van der Waals surface area contributed by atoms with Crippen LogP contribution in [0.1, 0.15) is 17.3 Å². The molecule has 2 N–H and O–H groups in total. The Bertz CT molecular complexity index is 713. The lowest BCUT2D eigenvalue weighted by Gasteiger charge is -2.33. The summed E-state index contributed by atoms with van der Waals surface area (Å²) in [5.74, 6) is -0.189. The second-order valence-corrected chi connectivity index (χ2v) is 5.15. The number of H-pyrrole nitrogens is 1. The highest BCUT2D eigenvalue weighted by atomic mass is 35.5. The highest BCUT2D eigenvalue weighted by molar-refractivity contribution is 5.97. The van der Waals surface area contributed by atoms with Crippen molar-refractivity contribution < 1.29 is 4.79 Å². The van der Waals surface area contributed by atoms with Crippen molar-refractivity contribution in [2.75, 3.05) is 19.6 Å². The van der Waals surface area contributed by atoms with Crippen molar-refractivity contribution in [2.45, 2.75) is 13.0 Å². The number of aromatic nitrogens is 1. The number of para-hydroxylation sites is 1. The van der Waals surface area contributed by atoms with Gasteiger partial charge in [0.25, 0.3) is 11.5 Å². The first-order chi connectivity index (χ1) is 9.66. The fourth-order valence-corrected chi connectivity index (χ4v) is 2.60. The van der Waals surface area contributed by atoms with Crippen LogP contribution in [0.15, 0.2) is 35.1 Å². The minimum Gasteiger partial charge on any atom is -0.333 e. The number of nitrogens with one attached hydrogen (secondary N) is 2. The zero-order valence-corrected chi connectivity index (χ0v) is 12.6. The molecule has 1 atom stereocenters. The fraction of sp³-hybridized carbons (Fsp3) is 0.333. The van der Waals surface area contributed by atoms with Crippen LogP contribution in [0.25, 0.3) is 10.9 Å². The minimum atomic E-state index is -0.320. The predicted octanol–water partition coefficient (Wildman–Crippen LogP) is 1.38. The van der Waals surface area contributed by atoms with Crippen molar-refractivity contribution in [3.63, 3.8) is 0 Å². The molecule has 1 fully saturated rings. The molecule has 1 aromatic heterocycles. The van der Waals surface area contributed by atoms with Crippen LogP contribution in [-0.2, 0) is 0 Å². The number of rotatable bonds is 1. The van der Waals surface area contributed by atoms with E-state index in [9.17, 15) is 9.59 Å². The Labute approximate surface area is 128 Å². The summed E-state index contributed by atoms with van der Waals surface area (Å²) in [6.45, 7) is 4.14. The molecule has 0 saturated carbocycles. The third-order valence-electron chi connectivity index (χ3n) is 3.75. The molecule has 1 amide bonds. The van der Waals surface area contributed by atoms with Crippen molar-refractivity contribution in [2.24, 2.45) is 0 Å². The summed E-state index contributed by atoms with van der Waals surface area (Å²) in [6, 6.07) is 9.26. The van der Waals surface area contributed by atoms with Crippen molar-refractivity contribution in [1.82, 2.24) is 15.2 Å². The van der Waals surface area contributed by atoms with Gasteiger partial charge in [0, 0.05) is 31.2 Å². The molecule has 0 bridgehead atoms. The van der Waals surface area contributed by atoms with Crippen LogP contribution in [-0.4, -0.2) is 41.5 Å². The number of carbonyl (C=O) groups excluding carboxylic acids is 1. The number of nitrogens with zero attached hydrogens (tertiary/aromatic N) is 1. The van der Waals surface area contributed by atoms with E-state index in [1.54, 1.807) is 11.0 Å². The van der Waals surface area contributed by atoms with Gasteiger partial charge in [0.2, 0.25) is 0 Å². The summed E-state index contributed by atoms with van der Waals surface area (Å²) in [6.07, 6.45) is 0. The molecule has 5 nitrogen and oxygen atoms in total. The molecule has 0 aliphatic carbocycles. The molecule has 6 heteroatoms. The highest BCUT2D eigenvalue weighted by Crippen LogP contribution is 2.13. The summed E-state index contributed by atoms with van der Waals surface area (Å²) >= 11 is 0. The lowest BCUT2D eigenvalue weighted by Crippen LogP contribution is -2.53. The molecule has 1 aliphatic heterocycles. The van der Waals surface area contributed by atoms with E-state index in [2.05, 4.69) is 10.3 Å². The maximum atomic E-state index is 12.6. The van der Waals surface area contributed by atoms with Crippen LogP contribution in [0.4, 0.5) is 0 Å². The molecule has 3 rings (SSSR count). The number of piperazine rings is 1. The van der Waals surface area contributed by atoms with E-state index in [1.807, 2.05) is 31.2 Å². The molecule has 2 aromatic rings. The van der Waals surface area contributed by atoms with Crippen LogP contribution in [0.5, 0.6) is 0 Å². The topological polar surface area (TPSA) is 65.2 Å². The first kappa shape index (κ1) is 15.5. The van der Waals surface area contributed by atoms with Gasteiger partial charge in [-0.1, -0.05) is 18.2 Å². The molecule has 2 heterocycles. The first-order valence-electron chi connectivity index (χ1n) is 6.80. The molecule has 0 spiro atoms. The largest absolute Gasteiger partial charge is 0.333 e. The van der Waals surface area contributed by atoms with Gasteiger partial charge in [0.05, 0.1) is 0 Å². The second-order valence-electron chi connectivity index (χ2n) is 5.15. The van der Waals surface area contributed by atoms with E-state index in [0.717, 1.165) is 24.0 Å². The van der Waals surface area contributed by atoms with Crippen LogP contribution in [0, 0.1) is 0 Å². The van der Waals surface area contributed by atoms with Crippen LogP contribution < -0.4 is 10.9 Å². The van der Waals surface area contributed by atoms with Crippen molar-refractivity contribution in [1.29, 1.82) is 0 Å². The van der Waals surface area contributed by atoms with E-state index >= 15 is 0 Å². The zero-order chi connectivity index (χ0) is 14.1. The van der Waals surface area contributed by atoms with Gasteiger partial charge in [-0.3, -0.25) is 9.59 Å². The number of aromatic amines is 1. The maximum absolute atomic E-state index is 12.6. The lowest BCUT2D eigenvalue weighted by molar-refractivity contribution is 0.0654. The number of benzene rings is 1. The maximum Gasteiger partial charge on any atom is 0.261 e. The van der Waals surface area contributed by atoms with Gasteiger partial charge in [0.15, 0.2) is 0 Å². The normalized spacial score (nSPS) is 18.3. The number of pyridine rings is 1. The molecule has 1 aromatic carbocycles. The SMILES string of the molecule is C[C@@H]1CNCCN1C(=O)c1cc2ccccc2[nH]c1=O.Cl. The Morgan fingerprint density at radius 3 is 2.86 bits per heavy atom. The van der Waals surface area contributed by atoms with Gasteiger partial charge in [-0.25, -0.2) is 0 Å². The number of halogens is 1. The molecule has 0 radical (unpaired) electrons. The Morgan fingerprint density at radius 1 is 1.33 bits per heavy atom. The molecule has 21 heavy (non-hydrogen) atoms. The predicted molar refractivity (Wildman–Crippen MR) is 85.2 cm³/mol. The van der Waals surface area contributed by atoms with E-state index in [-0.39, 0.29) is 35.5 Å². The average Bonchev–Trinajstić information content (AvgIpc) is 2.46. The second kappa shape index (κ2) is 6.28. The number of carbonyl (C=O) groups is 1. The van der Waals surface area contributed by atoms with Crippen LogP contribution in [0.2, 0.25) is 0 Å². The Morgan fingerprint density at radius 2 is 2.10 bits per heavy atom. The summed E-state index contributed by atoms with van der Waals surface area (Å²) in [7, 11) is 0. The average molecular weight is 308 g/mol. The quantitative estimate of drug-likeness (QED) is 0.836. The van der Waals surface area contributed by atoms with Crippen LogP contribution >= 0.6 is 12.4 Å². The minimum absolute atomic E-state index is 0. The van der Waals surface area contributed by atoms with Gasteiger partial charge in [-0.15, -0.1) is 12.4 Å². The van der Waals surface area contributed by atoms with E-state index < -0.39 is 0 Å². The summed E-state index contributed by atoms with van der Waals surface area (Å²) in [5.41, 5.74) is 0.652. The summed E-state index contributed by atoms with van der Waals surface area (Å²) < 4.78 is 0. The molecule has 1 saturated heterocycles. The van der Waals surface area contributed by atoms with Gasteiger partial charge in [-0.2, -0.15) is 0 Å². The third-order valence-corrected chi connectivity index (χ3v) is 3.75. The summed E-state index contributed by atoms with van der Waals surface area (Å²) in [5, 5.41) is 4.11. The Hall–Kier alpha value is -1.85. The van der Waals surface area contributed by atoms with Gasteiger partial charge >= 0.3 is 0 Å². The lowest BCUT2D eigenvalue weighted by atomic mass is 10.1. The molecule has 1 aliphatic rings. The standard InChI is InChI=1S/C15H17N3O2.ClH/c1-10-9-16-6-7-18(10)15(20)12-8-11-4-2-3-5-13(11)17-14(12)19;/h2-5,8,10,16H,6-7,9H2,1H3,(H,17,19);1H/t10-;/m1./s1. The number of fused-ring (bicyclic) bond motifs is 1. The molecule has 0 unspecified atom stereocenters. The molecule has 112 valence electrons. The van der Waals surface area contributed by atoms with E-state index in [4.69, 9.17) is 0 Å². The number of hydrogen-bond acceptors (Lipinski definition) is 3. The van der Waals surface area contributed by atoms with Gasteiger partial charge in [-0.05, 0) is 24.4 Å². The number of hydrogen-bond donors (Lipinski definition) is 2.